The third-order valence-electron chi connectivity index (χ3n) is 4.89. The molecule has 9 heteroatoms. The number of aromatic nitrogens is 3. The van der Waals surface area contributed by atoms with Gasteiger partial charge in [0.1, 0.15) is 11.6 Å². The second-order valence-electron chi connectivity index (χ2n) is 7.16. The van der Waals surface area contributed by atoms with Crippen molar-refractivity contribution in [2.45, 2.75) is 44.7 Å². The first-order chi connectivity index (χ1) is 12.6. The minimum absolute atomic E-state index is 0.106. The Kier molecular flexibility index (Phi) is 5.09. The lowest BCUT2D eigenvalue weighted by Gasteiger charge is -2.39. The zero-order valence-electron chi connectivity index (χ0n) is 16.2. The van der Waals surface area contributed by atoms with Gasteiger partial charge in [-0.1, -0.05) is 6.07 Å². The summed E-state index contributed by atoms with van der Waals surface area (Å²) in [5, 5.41) is 4.36. The highest BCUT2D eigenvalue weighted by molar-refractivity contribution is 7.89. The fourth-order valence-corrected chi connectivity index (χ4v) is 4.49. The molecule has 1 amide bonds. The van der Waals surface area contributed by atoms with Gasteiger partial charge in [-0.2, -0.15) is 9.40 Å². The number of aryl methyl sites for hydroxylation is 2. The van der Waals surface area contributed by atoms with Crippen molar-refractivity contribution in [3.63, 3.8) is 0 Å². The van der Waals surface area contributed by atoms with Gasteiger partial charge in [-0.05, 0) is 45.9 Å². The zero-order valence-corrected chi connectivity index (χ0v) is 17.1. The summed E-state index contributed by atoms with van der Waals surface area (Å²) in [6.45, 7) is 8.41. The number of likely N-dealkylation sites (tertiary alicyclic amines) is 1. The predicted molar refractivity (Wildman–Crippen MR) is 101 cm³/mol. The summed E-state index contributed by atoms with van der Waals surface area (Å²) in [6.07, 6.45) is 0. The summed E-state index contributed by atoms with van der Waals surface area (Å²) < 4.78 is 28.5. The van der Waals surface area contributed by atoms with Gasteiger partial charge >= 0.3 is 0 Å². The normalized spacial score (nSPS) is 15.4. The van der Waals surface area contributed by atoms with Crippen molar-refractivity contribution in [3.8, 4) is 0 Å². The van der Waals surface area contributed by atoms with Crippen LogP contribution < -0.4 is 0 Å². The highest BCUT2D eigenvalue weighted by Crippen LogP contribution is 2.25. The molecule has 0 spiro atoms. The number of amides is 1. The first-order valence-corrected chi connectivity index (χ1v) is 10.3. The summed E-state index contributed by atoms with van der Waals surface area (Å²) in [5.41, 5.74) is 0.373. The third-order valence-corrected chi connectivity index (χ3v) is 6.92. The number of rotatable bonds is 5. The molecule has 146 valence electrons. The molecule has 2 heterocycles. The molecule has 1 aromatic heterocycles. The predicted octanol–water partition coefficient (Wildman–Crippen LogP) is 1.62. The number of carbonyl (C=O) groups excluding carboxylic acids is 1. The van der Waals surface area contributed by atoms with Crippen molar-refractivity contribution in [3.05, 3.63) is 41.5 Å². The van der Waals surface area contributed by atoms with E-state index < -0.39 is 10.0 Å². The van der Waals surface area contributed by atoms with Gasteiger partial charge in [-0.15, -0.1) is 0 Å². The molecule has 1 aliphatic rings. The van der Waals surface area contributed by atoms with Crippen LogP contribution in [-0.2, 0) is 10.0 Å². The van der Waals surface area contributed by atoms with Gasteiger partial charge in [-0.3, -0.25) is 4.79 Å². The fourth-order valence-electron chi connectivity index (χ4n) is 3.07. The van der Waals surface area contributed by atoms with Gasteiger partial charge in [0.05, 0.1) is 10.9 Å². The van der Waals surface area contributed by atoms with Gasteiger partial charge in [0, 0.05) is 31.7 Å². The molecular formula is C18H25N5O3S. The van der Waals surface area contributed by atoms with Crippen molar-refractivity contribution in [1.82, 2.24) is 24.0 Å². The van der Waals surface area contributed by atoms with Crippen molar-refractivity contribution in [2.75, 3.05) is 20.1 Å². The lowest BCUT2D eigenvalue weighted by Crippen LogP contribution is -2.51. The molecule has 3 rings (SSSR count). The quantitative estimate of drug-likeness (QED) is 0.773. The van der Waals surface area contributed by atoms with Crippen molar-refractivity contribution in [1.29, 1.82) is 0 Å². The molecule has 0 unspecified atom stereocenters. The van der Waals surface area contributed by atoms with Crippen LogP contribution in [0.3, 0.4) is 0 Å². The average molecular weight is 391 g/mol. The molecule has 1 aromatic carbocycles. The summed E-state index contributed by atoms with van der Waals surface area (Å²) in [5.74, 6) is 1.36. The topological polar surface area (TPSA) is 88.4 Å². The minimum Gasteiger partial charge on any atom is -0.334 e. The standard InChI is InChI=1S/C18H25N5O3S/c1-12(2)21(5)27(25,26)17-8-6-7-15(9-17)18(24)22-10-16(11-22)23-14(4)19-13(3)20-23/h6-9,12,16H,10-11H2,1-5H3. The lowest BCUT2D eigenvalue weighted by molar-refractivity contribution is 0.0496. The molecule has 0 bridgehead atoms. The molecule has 0 saturated carbocycles. The van der Waals surface area contributed by atoms with E-state index in [0.29, 0.717) is 24.5 Å². The van der Waals surface area contributed by atoms with E-state index in [2.05, 4.69) is 10.1 Å². The Hall–Kier alpha value is -2.26. The molecular weight excluding hydrogens is 366 g/mol. The van der Waals surface area contributed by atoms with Gasteiger partial charge in [-0.25, -0.2) is 18.1 Å². The molecule has 0 N–H and O–H groups in total. The molecule has 0 atom stereocenters. The summed E-state index contributed by atoms with van der Waals surface area (Å²) in [4.78, 5) is 18.9. The SMILES string of the molecule is Cc1nc(C)n(C2CN(C(=O)c3cccc(S(=O)(=O)N(C)C(C)C)c3)C2)n1. The van der Waals surface area contributed by atoms with E-state index >= 15 is 0 Å². The summed E-state index contributed by atoms with van der Waals surface area (Å²) in [6, 6.07) is 6.17. The zero-order chi connectivity index (χ0) is 19.9. The minimum atomic E-state index is -3.63. The van der Waals surface area contributed by atoms with Crippen LogP contribution in [0.25, 0.3) is 0 Å². The van der Waals surface area contributed by atoms with Crippen LogP contribution in [0.1, 0.15) is 41.9 Å². The third kappa shape index (κ3) is 3.61. The second-order valence-corrected chi connectivity index (χ2v) is 9.16. The highest BCUT2D eigenvalue weighted by Gasteiger charge is 2.34. The first-order valence-electron chi connectivity index (χ1n) is 8.88. The fraction of sp³-hybridized carbons (Fsp3) is 0.500. The smallest absolute Gasteiger partial charge is 0.254 e. The van der Waals surface area contributed by atoms with Gasteiger partial charge < -0.3 is 4.90 Å². The molecule has 0 radical (unpaired) electrons. The lowest BCUT2D eigenvalue weighted by atomic mass is 10.1. The van der Waals surface area contributed by atoms with Crippen LogP contribution in [0.2, 0.25) is 0 Å². The maximum atomic E-state index is 12.7. The Balaban J connectivity index is 1.75. The maximum absolute atomic E-state index is 12.7. The average Bonchev–Trinajstić information content (AvgIpc) is 2.90. The second kappa shape index (κ2) is 7.05. The molecule has 2 aromatic rings. The van der Waals surface area contributed by atoms with E-state index in [9.17, 15) is 13.2 Å². The molecule has 0 aliphatic carbocycles. The molecule has 1 fully saturated rings. The Morgan fingerprint density at radius 3 is 2.48 bits per heavy atom. The van der Waals surface area contributed by atoms with Crippen molar-refractivity contribution in [2.24, 2.45) is 0 Å². The van der Waals surface area contributed by atoms with E-state index in [1.165, 1.54) is 23.5 Å². The van der Waals surface area contributed by atoms with Crippen molar-refractivity contribution >= 4 is 15.9 Å². The number of carbonyl (C=O) groups is 1. The number of hydrogen-bond acceptors (Lipinski definition) is 5. The maximum Gasteiger partial charge on any atom is 0.254 e. The largest absolute Gasteiger partial charge is 0.334 e. The Bertz CT molecular complexity index is 961. The highest BCUT2D eigenvalue weighted by atomic mass is 32.2. The van der Waals surface area contributed by atoms with Crippen LogP contribution >= 0.6 is 0 Å². The van der Waals surface area contributed by atoms with E-state index in [1.54, 1.807) is 30.9 Å². The number of benzene rings is 1. The Morgan fingerprint density at radius 2 is 1.93 bits per heavy atom. The van der Waals surface area contributed by atoms with E-state index in [1.807, 2.05) is 18.5 Å². The molecule has 1 saturated heterocycles. The van der Waals surface area contributed by atoms with E-state index in [0.717, 1.165) is 5.82 Å². The van der Waals surface area contributed by atoms with E-state index in [-0.39, 0.29) is 22.9 Å². The number of hydrogen-bond donors (Lipinski definition) is 0. The molecule has 8 nitrogen and oxygen atoms in total. The monoisotopic (exact) mass is 391 g/mol. The summed E-state index contributed by atoms with van der Waals surface area (Å²) >= 11 is 0. The number of sulfonamides is 1. The van der Waals surface area contributed by atoms with Gasteiger partial charge in [0.25, 0.3) is 5.91 Å². The van der Waals surface area contributed by atoms with Crippen LogP contribution in [0.4, 0.5) is 0 Å². The van der Waals surface area contributed by atoms with Crippen LogP contribution in [-0.4, -0.2) is 64.5 Å². The first kappa shape index (κ1) is 19.5. The summed E-state index contributed by atoms with van der Waals surface area (Å²) in [7, 11) is -2.09. The van der Waals surface area contributed by atoms with E-state index in [4.69, 9.17) is 0 Å². The van der Waals surface area contributed by atoms with Gasteiger partial charge in [0.15, 0.2) is 0 Å². The molecule has 27 heavy (non-hydrogen) atoms. The Labute approximate surface area is 159 Å². The van der Waals surface area contributed by atoms with Crippen LogP contribution in [0.5, 0.6) is 0 Å². The van der Waals surface area contributed by atoms with Crippen molar-refractivity contribution < 1.29 is 13.2 Å². The van der Waals surface area contributed by atoms with Gasteiger partial charge in [0.2, 0.25) is 10.0 Å². The molecule has 1 aliphatic heterocycles. The van der Waals surface area contributed by atoms with Crippen LogP contribution in [0.15, 0.2) is 29.2 Å². The van der Waals surface area contributed by atoms with Crippen LogP contribution in [0, 0.1) is 13.8 Å². The Morgan fingerprint density at radius 1 is 1.26 bits per heavy atom. The number of nitrogens with zero attached hydrogens (tertiary/aromatic N) is 5.